The maximum Gasteiger partial charge on any atom is 0.244 e. The first-order valence-corrected chi connectivity index (χ1v) is 13.1. The van der Waals surface area contributed by atoms with Crippen LogP contribution >= 0.6 is 11.6 Å². The van der Waals surface area contributed by atoms with Crippen molar-refractivity contribution in [2.24, 2.45) is 0 Å². The molecule has 2 aromatic rings. The molecule has 0 saturated heterocycles. The van der Waals surface area contributed by atoms with Crippen molar-refractivity contribution in [2.45, 2.75) is 46.2 Å². The Balaban J connectivity index is 2.36. The Labute approximate surface area is 201 Å². The molecule has 0 saturated carbocycles. The van der Waals surface area contributed by atoms with E-state index in [4.69, 9.17) is 11.6 Å². The minimum atomic E-state index is -3.80. The quantitative estimate of drug-likeness (QED) is 0.483. The van der Waals surface area contributed by atoms with E-state index in [1.165, 1.54) is 4.90 Å². The van der Waals surface area contributed by atoms with Crippen molar-refractivity contribution in [1.29, 1.82) is 0 Å². The average Bonchev–Trinajstić information content (AvgIpc) is 2.77. The number of amides is 2. The second kappa shape index (κ2) is 12.0. The first-order chi connectivity index (χ1) is 15.6. The number of anilines is 1. The van der Waals surface area contributed by atoms with Gasteiger partial charge in [0.25, 0.3) is 0 Å². The Hall–Kier alpha value is -2.58. The summed E-state index contributed by atoms with van der Waals surface area (Å²) in [6.07, 6.45) is 2.81. The molecule has 9 heteroatoms. The summed E-state index contributed by atoms with van der Waals surface area (Å²) in [5.74, 6) is -0.764. The van der Waals surface area contributed by atoms with Crippen molar-refractivity contribution in [2.75, 3.05) is 23.7 Å². The second-order valence-electron chi connectivity index (χ2n) is 7.98. The topological polar surface area (TPSA) is 86.8 Å². The first kappa shape index (κ1) is 26.7. The molecular formula is C24H32ClN3O4S. The first-order valence-electron chi connectivity index (χ1n) is 10.9. The predicted molar refractivity (Wildman–Crippen MR) is 133 cm³/mol. The standard InChI is InChI=1S/C24H32ClN3O4S/c1-5-6-15-26-24(30)19(3)27(16-20-11-8-7-9-12-20)23(29)17-28(33(4,31)32)22-14-10-13-21(25)18(22)2/h7-14,19H,5-6,15-17H2,1-4H3,(H,26,30)/t19-/m1/s1. The fourth-order valence-electron chi connectivity index (χ4n) is 3.36. The number of unbranched alkanes of at least 4 members (excludes halogenated alkanes) is 1. The summed E-state index contributed by atoms with van der Waals surface area (Å²) in [5.41, 5.74) is 1.72. The molecule has 0 bridgehead atoms. The third kappa shape index (κ3) is 7.47. The summed E-state index contributed by atoms with van der Waals surface area (Å²) in [7, 11) is -3.80. The van der Waals surface area contributed by atoms with E-state index < -0.39 is 28.5 Å². The molecule has 0 unspecified atom stereocenters. The molecule has 0 aliphatic heterocycles. The highest BCUT2D eigenvalue weighted by Gasteiger charge is 2.30. The summed E-state index contributed by atoms with van der Waals surface area (Å²) in [5, 5.41) is 3.26. The van der Waals surface area contributed by atoms with E-state index in [0.29, 0.717) is 22.8 Å². The number of hydrogen-bond acceptors (Lipinski definition) is 4. The number of sulfonamides is 1. The van der Waals surface area contributed by atoms with E-state index in [1.807, 2.05) is 37.3 Å². The lowest BCUT2D eigenvalue weighted by molar-refractivity contribution is -0.139. The monoisotopic (exact) mass is 493 g/mol. The molecule has 0 aliphatic rings. The van der Waals surface area contributed by atoms with E-state index in [2.05, 4.69) is 5.32 Å². The van der Waals surface area contributed by atoms with Gasteiger partial charge in [-0.1, -0.05) is 61.3 Å². The zero-order chi connectivity index (χ0) is 24.6. The van der Waals surface area contributed by atoms with Crippen LogP contribution in [0.1, 0.15) is 37.8 Å². The lowest BCUT2D eigenvalue weighted by Crippen LogP contribution is -2.51. The van der Waals surface area contributed by atoms with Crippen LogP contribution in [0.4, 0.5) is 5.69 Å². The van der Waals surface area contributed by atoms with Crippen LogP contribution in [-0.4, -0.2) is 50.5 Å². The molecule has 180 valence electrons. The van der Waals surface area contributed by atoms with Crippen LogP contribution in [0.3, 0.4) is 0 Å². The van der Waals surface area contributed by atoms with Crippen LogP contribution in [0, 0.1) is 6.92 Å². The van der Waals surface area contributed by atoms with E-state index in [0.717, 1.165) is 29.0 Å². The molecule has 0 aromatic heterocycles. The van der Waals surface area contributed by atoms with Gasteiger partial charge in [-0.3, -0.25) is 13.9 Å². The molecule has 1 atom stereocenters. The number of nitrogens with zero attached hydrogens (tertiary/aromatic N) is 2. The van der Waals surface area contributed by atoms with Crippen molar-refractivity contribution >= 4 is 39.1 Å². The van der Waals surface area contributed by atoms with Gasteiger partial charge in [0.2, 0.25) is 21.8 Å². The lowest BCUT2D eigenvalue weighted by atomic mass is 10.1. The number of nitrogens with one attached hydrogen (secondary N) is 1. The average molecular weight is 494 g/mol. The van der Waals surface area contributed by atoms with E-state index in [9.17, 15) is 18.0 Å². The Kier molecular flexibility index (Phi) is 9.73. The van der Waals surface area contributed by atoms with Crippen LogP contribution < -0.4 is 9.62 Å². The molecule has 2 amide bonds. The van der Waals surface area contributed by atoms with Crippen molar-refractivity contribution < 1.29 is 18.0 Å². The highest BCUT2D eigenvalue weighted by Crippen LogP contribution is 2.28. The summed E-state index contributed by atoms with van der Waals surface area (Å²) in [4.78, 5) is 27.6. The highest BCUT2D eigenvalue weighted by molar-refractivity contribution is 7.92. The van der Waals surface area contributed by atoms with E-state index >= 15 is 0 Å². The molecular weight excluding hydrogens is 462 g/mol. The molecule has 2 aromatic carbocycles. The van der Waals surface area contributed by atoms with Gasteiger partial charge in [0.05, 0.1) is 11.9 Å². The largest absolute Gasteiger partial charge is 0.354 e. The van der Waals surface area contributed by atoms with Gasteiger partial charge in [0.15, 0.2) is 0 Å². The fraction of sp³-hybridized carbons (Fsp3) is 0.417. The van der Waals surface area contributed by atoms with Crippen molar-refractivity contribution in [3.05, 3.63) is 64.7 Å². The second-order valence-corrected chi connectivity index (χ2v) is 10.3. The van der Waals surface area contributed by atoms with Crippen LogP contribution in [0.15, 0.2) is 48.5 Å². The van der Waals surface area contributed by atoms with Gasteiger partial charge in [0, 0.05) is 18.1 Å². The maximum absolute atomic E-state index is 13.5. The van der Waals surface area contributed by atoms with Crippen molar-refractivity contribution in [3.63, 3.8) is 0 Å². The third-order valence-corrected chi connectivity index (χ3v) is 6.92. The zero-order valence-corrected chi connectivity index (χ0v) is 21.1. The van der Waals surface area contributed by atoms with Gasteiger partial charge in [0.1, 0.15) is 12.6 Å². The van der Waals surface area contributed by atoms with Crippen LogP contribution in [0.5, 0.6) is 0 Å². The van der Waals surface area contributed by atoms with Gasteiger partial charge in [-0.2, -0.15) is 0 Å². The Bertz CT molecular complexity index is 1060. The minimum Gasteiger partial charge on any atom is -0.354 e. The number of carbonyl (C=O) groups excluding carboxylic acids is 2. The van der Waals surface area contributed by atoms with Gasteiger partial charge in [-0.25, -0.2) is 8.42 Å². The molecule has 0 spiro atoms. The normalized spacial score (nSPS) is 12.2. The zero-order valence-electron chi connectivity index (χ0n) is 19.5. The smallest absolute Gasteiger partial charge is 0.244 e. The van der Waals surface area contributed by atoms with E-state index in [1.54, 1.807) is 32.0 Å². The molecule has 33 heavy (non-hydrogen) atoms. The number of halogens is 1. The van der Waals surface area contributed by atoms with Crippen LogP contribution in [0.2, 0.25) is 5.02 Å². The summed E-state index contributed by atoms with van der Waals surface area (Å²) < 4.78 is 26.3. The van der Waals surface area contributed by atoms with E-state index in [-0.39, 0.29) is 12.5 Å². The Morgan fingerprint density at radius 3 is 2.36 bits per heavy atom. The summed E-state index contributed by atoms with van der Waals surface area (Å²) in [6, 6.07) is 13.4. The Morgan fingerprint density at radius 2 is 1.76 bits per heavy atom. The molecule has 0 fully saturated rings. The van der Waals surface area contributed by atoms with Gasteiger partial charge in [-0.15, -0.1) is 0 Å². The predicted octanol–water partition coefficient (Wildman–Crippen LogP) is 3.75. The number of rotatable bonds is 11. The summed E-state index contributed by atoms with van der Waals surface area (Å²) >= 11 is 6.20. The third-order valence-electron chi connectivity index (χ3n) is 5.38. The van der Waals surface area contributed by atoms with Crippen molar-refractivity contribution in [3.8, 4) is 0 Å². The van der Waals surface area contributed by atoms with Crippen molar-refractivity contribution in [1.82, 2.24) is 10.2 Å². The number of benzene rings is 2. The molecule has 0 heterocycles. The lowest BCUT2D eigenvalue weighted by Gasteiger charge is -2.32. The fourth-order valence-corrected chi connectivity index (χ4v) is 4.43. The minimum absolute atomic E-state index is 0.175. The molecule has 2 rings (SSSR count). The Morgan fingerprint density at radius 1 is 1.09 bits per heavy atom. The number of carbonyl (C=O) groups is 2. The molecule has 0 radical (unpaired) electrons. The van der Waals surface area contributed by atoms with Crippen LogP contribution in [-0.2, 0) is 26.2 Å². The van der Waals surface area contributed by atoms with Gasteiger partial charge in [-0.05, 0) is 43.5 Å². The summed E-state index contributed by atoms with van der Waals surface area (Å²) in [6.45, 7) is 5.62. The van der Waals surface area contributed by atoms with Crippen LogP contribution in [0.25, 0.3) is 0 Å². The molecule has 1 N–H and O–H groups in total. The molecule has 7 nitrogen and oxygen atoms in total. The van der Waals surface area contributed by atoms with Gasteiger partial charge >= 0.3 is 0 Å². The molecule has 0 aliphatic carbocycles. The maximum atomic E-state index is 13.5. The number of hydrogen-bond donors (Lipinski definition) is 1. The van der Waals surface area contributed by atoms with Gasteiger partial charge < -0.3 is 10.2 Å². The highest BCUT2D eigenvalue weighted by atomic mass is 35.5. The SMILES string of the molecule is CCCCNC(=O)[C@@H](C)N(Cc1ccccc1)C(=O)CN(c1cccc(Cl)c1C)S(C)(=O)=O.